The maximum absolute atomic E-state index is 10.6. The molecule has 0 aliphatic rings. The van der Waals surface area contributed by atoms with Gasteiger partial charge in [0.05, 0.1) is 6.10 Å². The van der Waals surface area contributed by atoms with Gasteiger partial charge in [0, 0.05) is 1.37 Å². The second kappa shape index (κ2) is 5.23. The number of aliphatic hydroxyl groups excluding tert-OH is 3. The number of Topliss-reactive ketones (excluding diaryl/α,β-unsaturated/α-hetero) is 1. The molecule has 0 fully saturated rings. The van der Waals surface area contributed by atoms with Crippen molar-refractivity contribution in [1.29, 1.82) is 0 Å². The maximum Gasteiger partial charge on any atom is 0.189 e. The topological polar surface area (TPSA) is 77.8 Å². The summed E-state index contributed by atoms with van der Waals surface area (Å²) >= 11 is 0. The van der Waals surface area contributed by atoms with E-state index in [2.05, 4.69) is 0 Å². The highest BCUT2D eigenvalue weighted by molar-refractivity contribution is 5.84. The number of ketones is 1. The number of hydrogen-bond donors (Lipinski definition) is 3. The number of carbonyl (C=O) groups excluding carboxylic acids is 1. The molecular weight excluding hydrogens is 148 g/mol. The molecule has 66 valence electrons. The Labute approximate surface area is 66.9 Å². The molecule has 0 rings (SSSR count). The van der Waals surface area contributed by atoms with Crippen LogP contribution < -0.4 is 0 Å². The Morgan fingerprint density at radius 1 is 1.64 bits per heavy atom. The molecule has 0 aromatic carbocycles. The van der Waals surface area contributed by atoms with Crippen LogP contribution in [-0.4, -0.2) is 39.9 Å². The first kappa shape index (κ1) is 8.64. The van der Waals surface area contributed by atoms with Gasteiger partial charge in [0.1, 0.15) is 12.7 Å². The van der Waals surface area contributed by atoms with Crippen LogP contribution in [0.15, 0.2) is 0 Å². The van der Waals surface area contributed by atoms with Gasteiger partial charge >= 0.3 is 0 Å². The number of aliphatic hydroxyl groups is 3. The smallest absolute Gasteiger partial charge is 0.189 e. The molecule has 0 amide bonds. The summed E-state index contributed by atoms with van der Waals surface area (Å²) in [5.74, 6) is -0.785. The molecule has 0 spiro atoms. The molecule has 3 N–H and O–H groups in total. The first-order chi connectivity index (χ1) is 5.63. The van der Waals surface area contributed by atoms with E-state index in [9.17, 15) is 4.79 Å². The van der Waals surface area contributed by atoms with Crippen molar-refractivity contribution in [2.75, 3.05) is 6.61 Å². The van der Waals surface area contributed by atoms with Crippen LogP contribution in [0.2, 0.25) is 0 Å². The van der Waals surface area contributed by atoms with Crippen LogP contribution >= 0.6 is 0 Å². The lowest BCUT2D eigenvalue weighted by Gasteiger charge is -2.14. The van der Waals surface area contributed by atoms with Gasteiger partial charge < -0.3 is 15.3 Å². The third-order valence-electron chi connectivity index (χ3n) is 1.35. The third-order valence-corrected chi connectivity index (χ3v) is 1.35. The van der Waals surface area contributed by atoms with Gasteiger partial charge in [-0.2, -0.15) is 0 Å². The Bertz CT molecular complexity index is 139. The molecule has 0 bridgehead atoms. The fourth-order valence-corrected chi connectivity index (χ4v) is 0.675. The van der Waals surface area contributed by atoms with Crippen molar-refractivity contribution >= 4 is 5.78 Å². The van der Waals surface area contributed by atoms with Crippen molar-refractivity contribution in [3.05, 3.63) is 0 Å². The summed E-state index contributed by atoms with van der Waals surface area (Å²) < 4.78 is 6.76. The molecule has 11 heavy (non-hydrogen) atoms. The molecular formula is C7H14O4. The van der Waals surface area contributed by atoms with Crippen molar-refractivity contribution in [2.45, 2.75) is 31.9 Å². The summed E-state index contributed by atoms with van der Waals surface area (Å²) in [7, 11) is 0. The second-order valence-electron chi connectivity index (χ2n) is 2.28. The van der Waals surface area contributed by atoms with E-state index in [1.165, 1.54) is 0 Å². The number of carbonyl (C=O) groups is 1. The van der Waals surface area contributed by atoms with Crippen LogP contribution in [0.5, 0.6) is 0 Å². The SMILES string of the molecule is [2H]CCC[C@@H](O)[C@H](O)C(=O)CO. The quantitative estimate of drug-likeness (QED) is 0.489. The Morgan fingerprint density at radius 2 is 2.27 bits per heavy atom. The van der Waals surface area contributed by atoms with E-state index in [1.54, 1.807) is 0 Å². The fraction of sp³-hybridized carbons (Fsp3) is 0.857. The van der Waals surface area contributed by atoms with Gasteiger partial charge in [-0.15, -0.1) is 0 Å². The zero-order valence-corrected chi connectivity index (χ0v) is 6.23. The molecule has 0 aromatic heterocycles. The predicted molar refractivity (Wildman–Crippen MR) is 39.0 cm³/mol. The Balaban J connectivity index is 3.75. The number of hydrogen-bond acceptors (Lipinski definition) is 4. The molecule has 0 aliphatic carbocycles. The summed E-state index contributed by atoms with van der Waals surface area (Å²) in [6.07, 6.45) is -2.04. The Morgan fingerprint density at radius 3 is 2.73 bits per heavy atom. The average molecular weight is 163 g/mol. The average Bonchev–Trinajstić information content (AvgIpc) is 2.11. The van der Waals surface area contributed by atoms with Crippen molar-refractivity contribution in [2.24, 2.45) is 0 Å². The van der Waals surface area contributed by atoms with Gasteiger partial charge in [-0.1, -0.05) is 13.3 Å². The van der Waals surface area contributed by atoms with E-state index in [4.69, 9.17) is 16.7 Å². The van der Waals surface area contributed by atoms with Crippen molar-refractivity contribution in [3.8, 4) is 0 Å². The van der Waals surface area contributed by atoms with Crippen LogP contribution in [0.25, 0.3) is 0 Å². The van der Waals surface area contributed by atoms with Gasteiger partial charge in [-0.3, -0.25) is 4.79 Å². The predicted octanol–water partition coefficient (Wildman–Crippen LogP) is -0.930. The summed E-state index contributed by atoms with van der Waals surface area (Å²) in [5, 5.41) is 26.4. The zero-order valence-electron chi connectivity index (χ0n) is 7.23. The lowest BCUT2D eigenvalue weighted by atomic mass is 10.1. The number of rotatable bonds is 5. The molecule has 0 saturated heterocycles. The van der Waals surface area contributed by atoms with Crippen molar-refractivity contribution in [1.82, 2.24) is 0 Å². The normalized spacial score (nSPS) is 17.2. The van der Waals surface area contributed by atoms with Crippen LogP contribution in [0.1, 0.15) is 21.1 Å². The molecule has 0 aliphatic heterocycles. The molecule has 0 heterocycles. The van der Waals surface area contributed by atoms with Crippen LogP contribution in [0.4, 0.5) is 0 Å². The van der Waals surface area contributed by atoms with E-state index in [0.29, 0.717) is 6.42 Å². The highest BCUT2D eigenvalue weighted by Gasteiger charge is 2.21. The van der Waals surface area contributed by atoms with Crippen molar-refractivity contribution in [3.63, 3.8) is 0 Å². The van der Waals surface area contributed by atoms with Crippen LogP contribution in [-0.2, 0) is 4.79 Å². The standard InChI is InChI=1S/C7H14O4/c1-2-3-5(9)7(11)6(10)4-8/h5,7-9,11H,2-4H2,1H3/t5-,7+/m1/s1/i1D. The Hall–Kier alpha value is -0.450. The molecule has 0 saturated carbocycles. The minimum absolute atomic E-state index is 0.150. The molecule has 2 atom stereocenters. The van der Waals surface area contributed by atoms with Gasteiger partial charge in [0.25, 0.3) is 0 Å². The Kier molecular flexibility index (Phi) is 4.11. The summed E-state index contributed by atoms with van der Waals surface area (Å²) in [6.45, 7) is -0.615. The highest BCUT2D eigenvalue weighted by Crippen LogP contribution is 2.02. The molecule has 0 aromatic rings. The van der Waals surface area contributed by atoms with E-state index in [0.717, 1.165) is 0 Å². The summed E-state index contributed by atoms with van der Waals surface area (Å²) in [5.41, 5.74) is 0. The molecule has 4 nitrogen and oxygen atoms in total. The van der Waals surface area contributed by atoms with Gasteiger partial charge in [-0.25, -0.2) is 0 Å². The fourth-order valence-electron chi connectivity index (χ4n) is 0.675. The van der Waals surface area contributed by atoms with E-state index < -0.39 is 24.6 Å². The zero-order chi connectivity index (χ0) is 9.56. The van der Waals surface area contributed by atoms with Crippen molar-refractivity contribution < 1.29 is 21.5 Å². The molecule has 0 unspecified atom stereocenters. The lowest BCUT2D eigenvalue weighted by molar-refractivity contribution is -0.135. The van der Waals surface area contributed by atoms with Crippen LogP contribution in [0, 0.1) is 0 Å². The first-order valence-corrected chi connectivity index (χ1v) is 3.42. The minimum atomic E-state index is -1.51. The van der Waals surface area contributed by atoms with Gasteiger partial charge in [-0.05, 0) is 6.42 Å². The van der Waals surface area contributed by atoms with E-state index >= 15 is 0 Å². The van der Waals surface area contributed by atoms with Crippen LogP contribution in [0.3, 0.4) is 0 Å². The third kappa shape index (κ3) is 3.46. The van der Waals surface area contributed by atoms with E-state index in [-0.39, 0.29) is 13.3 Å². The second-order valence-corrected chi connectivity index (χ2v) is 2.28. The summed E-state index contributed by atoms with van der Waals surface area (Å²) in [6, 6.07) is 0. The molecule has 0 radical (unpaired) electrons. The van der Waals surface area contributed by atoms with E-state index in [1.807, 2.05) is 0 Å². The first-order valence-electron chi connectivity index (χ1n) is 4.13. The maximum atomic E-state index is 10.6. The minimum Gasteiger partial charge on any atom is -0.390 e. The largest absolute Gasteiger partial charge is 0.390 e. The monoisotopic (exact) mass is 163 g/mol. The molecule has 4 heteroatoms. The highest BCUT2D eigenvalue weighted by atomic mass is 16.3. The summed E-state index contributed by atoms with van der Waals surface area (Å²) in [4.78, 5) is 10.6. The van der Waals surface area contributed by atoms with Gasteiger partial charge in [0.15, 0.2) is 5.78 Å². The van der Waals surface area contributed by atoms with Gasteiger partial charge in [0.2, 0.25) is 0 Å². The lowest BCUT2D eigenvalue weighted by Crippen LogP contribution is -2.35.